The SMILES string of the molecule is COC(=O)Cc1ccc2ncc(OC)nc2c1. The van der Waals surface area contributed by atoms with Gasteiger partial charge in [0, 0.05) is 0 Å². The van der Waals surface area contributed by atoms with Gasteiger partial charge in [0.2, 0.25) is 5.88 Å². The van der Waals surface area contributed by atoms with Gasteiger partial charge in [0.1, 0.15) is 0 Å². The van der Waals surface area contributed by atoms with Crippen LogP contribution in [0.25, 0.3) is 11.0 Å². The zero-order chi connectivity index (χ0) is 12.3. The Hall–Kier alpha value is -2.17. The molecule has 0 saturated carbocycles. The van der Waals surface area contributed by atoms with Crippen molar-refractivity contribution in [3.63, 3.8) is 0 Å². The highest BCUT2D eigenvalue weighted by Gasteiger charge is 2.05. The summed E-state index contributed by atoms with van der Waals surface area (Å²) in [7, 11) is 2.90. The summed E-state index contributed by atoms with van der Waals surface area (Å²) in [5.74, 6) is 0.174. The molecule has 0 atom stereocenters. The Labute approximate surface area is 98.4 Å². The average Bonchev–Trinajstić information content (AvgIpc) is 2.37. The first-order chi connectivity index (χ1) is 8.22. The third kappa shape index (κ3) is 2.50. The molecule has 5 nitrogen and oxygen atoms in total. The van der Waals surface area contributed by atoms with Crippen LogP contribution >= 0.6 is 0 Å². The quantitative estimate of drug-likeness (QED) is 0.747. The molecule has 1 aromatic carbocycles. The number of aromatic nitrogens is 2. The van der Waals surface area contributed by atoms with Crippen molar-refractivity contribution in [1.82, 2.24) is 9.97 Å². The highest BCUT2D eigenvalue weighted by Crippen LogP contribution is 2.15. The number of carbonyl (C=O) groups excluding carboxylic acids is 1. The minimum Gasteiger partial charge on any atom is -0.480 e. The van der Waals surface area contributed by atoms with E-state index in [1.807, 2.05) is 18.2 Å². The Balaban J connectivity index is 2.37. The molecule has 0 aliphatic heterocycles. The first-order valence-electron chi connectivity index (χ1n) is 5.09. The van der Waals surface area contributed by atoms with Crippen LogP contribution < -0.4 is 4.74 Å². The van der Waals surface area contributed by atoms with E-state index in [2.05, 4.69) is 14.7 Å². The maximum Gasteiger partial charge on any atom is 0.309 e. The second-order valence-electron chi connectivity index (χ2n) is 3.49. The van der Waals surface area contributed by atoms with Crippen LogP contribution in [0, 0.1) is 0 Å². The molecule has 0 radical (unpaired) electrons. The summed E-state index contributed by atoms with van der Waals surface area (Å²) in [6.45, 7) is 0. The van der Waals surface area contributed by atoms with Gasteiger partial charge in [-0.05, 0) is 17.7 Å². The minimum absolute atomic E-state index is 0.228. The number of benzene rings is 1. The van der Waals surface area contributed by atoms with Crippen LogP contribution in [0.15, 0.2) is 24.4 Å². The van der Waals surface area contributed by atoms with E-state index in [1.165, 1.54) is 14.2 Å². The van der Waals surface area contributed by atoms with Gasteiger partial charge < -0.3 is 9.47 Å². The Morgan fingerprint density at radius 3 is 2.82 bits per heavy atom. The normalized spacial score (nSPS) is 10.2. The molecule has 0 spiro atoms. The highest BCUT2D eigenvalue weighted by atomic mass is 16.5. The topological polar surface area (TPSA) is 61.3 Å². The van der Waals surface area contributed by atoms with Crippen LogP contribution in [0.1, 0.15) is 5.56 Å². The van der Waals surface area contributed by atoms with E-state index in [-0.39, 0.29) is 12.4 Å². The maximum absolute atomic E-state index is 11.2. The van der Waals surface area contributed by atoms with E-state index in [0.29, 0.717) is 11.4 Å². The molecule has 1 aromatic heterocycles. The van der Waals surface area contributed by atoms with Crippen LogP contribution in [-0.2, 0) is 16.0 Å². The summed E-state index contributed by atoms with van der Waals surface area (Å²) in [4.78, 5) is 19.6. The molecule has 0 aliphatic carbocycles. The Morgan fingerprint density at radius 1 is 1.29 bits per heavy atom. The van der Waals surface area contributed by atoms with Crippen LogP contribution in [0.3, 0.4) is 0 Å². The van der Waals surface area contributed by atoms with Crippen molar-refractivity contribution in [2.75, 3.05) is 14.2 Å². The van der Waals surface area contributed by atoms with Crippen molar-refractivity contribution in [3.8, 4) is 5.88 Å². The van der Waals surface area contributed by atoms with Crippen LogP contribution in [0.5, 0.6) is 5.88 Å². The molecule has 5 heteroatoms. The Kier molecular flexibility index (Phi) is 3.18. The number of fused-ring (bicyclic) bond motifs is 1. The van der Waals surface area contributed by atoms with Gasteiger partial charge in [-0.1, -0.05) is 6.07 Å². The van der Waals surface area contributed by atoms with Gasteiger partial charge in [-0.2, -0.15) is 0 Å². The maximum atomic E-state index is 11.2. The summed E-state index contributed by atoms with van der Waals surface area (Å²) < 4.78 is 9.61. The first-order valence-corrected chi connectivity index (χ1v) is 5.09. The number of carbonyl (C=O) groups is 1. The fraction of sp³-hybridized carbons (Fsp3) is 0.250. The summed E-state index contributed by atoms with van der Waals surface area (Å²) in [5, 5.41) is 0. The summed E-state index contributed by atoms with van der Waals surface area (Å²) in [6, 6.07) is 5.46. The molecule has 0 N–H and O–H groups in total. The molecule has 0 saturated heterocycles. The summed E-state index contributed by atoms with van der Waals surface area (Å²) >= 11 is 0. The van der Waals surface area contributed by atoms with E-state index in [0.717, 1.165) is 11.1 Å². The largest absolute Gasteiger partial charge is 0.480 e. The molecule has 0 fully saturated rings. The lowest BCUT2D eigenvalue weighted by Crippen LogP contribution is -2.04. The van der Waals surface area contributed by atoms with Crippen LogP contribution in [-0.4, -0.2) is 30.2 Å². The number of esters is 1. The summed E-state index contributed by atoms with van der Waals surface area (Å²) in [5.41, 5.74) is 2.30. The van der Waals surface area contributed by atoms with E-state index in [4.69, 9.17) is 4.74 Å². The zero-order valence-electron chi connectivity index (χ0n) is 9.64. The number of ether oxygens (including phenoxy) is 2. The molecule has 2 rings (SSSR count). The zero-order valence-corrected chi connectivity index (χ0v) is 9.64. The number of nitrogens with zero attached hydrogens (tertiary/aromatic N) is 2. The number of hydrogen-bond donors (Lipinski definition) is 0. The number of methoxy groups -OCH3 is 2. The molecule has 2 aromatic rings. The predicted molar refractivity (Wildman–Crippen MR) is 61.8 cm³/mol. The van der Waals surface area contributed by atoms with Crippen molar-refractivity contribution in [2.24, 2.45) is 0 Å². The van der Waals surface area contributed by atoms with Crippen molar-refractivity contribution >= 4 is 17.0 Å². The first kappa shape index (κ1) is 11.3. The van der Waals surface area contributed by atoms with Gasteiger partial charge in [0.05, 0.1) is 37.9 Å². The standard InChI is InChI=1S/C12H12N2O3/c1-16-11-7-13-9-4-3-8(5-10(9)14-11)6-12(15)17-2/h3-5,7H,6H2,1-2H3. The molecule has 0 unspecified atom stereocenters. The molecule has 88 valence electrons. The molecule has 17 heavy (non-hydrogen) atoms. The molecule has 1 heterocycles. The van der Waals surface area contributed by atoms with E-state index in [1.54, 1.807) is 6.20 Å². The molecule has 0 amide bonds. The van der Waals surface area contributed by atoms with Gasteiger partial charge in [0.15, 0.2) is 0 Å². The average molecular weight is 232 g/mol. The second-order valence-corrected chi connectivity index (χ2v) is 3.49. The third-order valence-corrected chi connectivity index (χ3v) is 2.37. The smallest absolute Gasteiger partial charge is 0.309 e. The lowest BCUT2D eigenvalue weighted by molar-refractivity contribution is -0.139. The Morgan fingerprint density at radius 2 is 2.12 bits per heavy atom. The molecular formula is C12H12N2O3. The van der Waals surface area contributed by atoms with Crippen molar-refractivity contribution in [2.45, 2.75) is 6.42 Å². The van der Waals surface area contributed by atoms with E-state index < -0.39 is 0 Å². The van der Waals surface area contributed by atoms with Crippen molar-refractivity contribution in [1.29, 1.82) is 0 Å². The van der Waals surface area contributed by atoms with Gasteiger partial charge in [-0.25, -0.2) is 9.97 Å². The number of rotatable bonds is 3. The molecule has 0 aliphatic rings. The minimum atomic E-state index is -0.278. The monoisotopic (exact) mass is 232 g/mol. The third-order valence-electron chi connectivity index (χ3n) is 2.37. The molecule has 0 bridgehead atoms. The predicted octanol–water partition coefficient (Wildman–Crippen LogP) is 1.35. The van der Waals surface area contributed by atoms with Gasteiger partial charge >= 0.3 is 5.97 Å². The van der Waals surface area contributed by atoms with Crippen LogP contribution in [0.4, 0.5) is 0 Å². The van der Waals surface area contributed by atoms with Gasteiger partial charge in [0.25, 0.3) is 0 Å². The lowest BCUT2D eigenvalue weighted by Gasteiger charge is -2.03. The van der Waals surface area contributed by atoms with Crippen molar-refractivity contribution < 1.29 is 14.3 Å². The highest BCUT2D eigenvalue weighted by molar-refractivity contribution is 5.78. The fourth-order valence-electron chi connectivity index (χ4n) is 1.49. The lowest BCUT2D eigenvalue weighted by atomic mass is 10.1. The number of hydrogen-bond acceptors (Lipinski definition) is 5. The summed E-state index contributed by atoms with van der Waals surface area (Å²) in [6.07, 6.45) is 1.79. The molecular weight excluding hydrogens is 220 g/mol. The Bertz CT molecular complexity index is 554. The van der Waals surface area contributed by atoms with Crippen molar-refractivity contribution in [3.05, 3.63) is 30.0 Å². The van der Waals surface area contributed by atoms with E-state index in [9.17, 15) is 4.79 Å². The van der Waals surface area contributed by atoms with Crippen LogP contribution in [0.2, 0.25) is 0 Å². The fourth-order valence-corrected chi connectivity index (χ4v) is 1.49. The van der Waals surface area contributed by atoms with E-state index >= 15 is 0 Å². The van der Waals surface area contributed by atoms with Gasteiger partial charge in [-0.15, -0.1) is 0 Å². The van der Waals surface area contributed by atoms with Gasteiger partial charge in [-0.3, -0.25) is 4.79 Å². The second kappa shape index (κ2) is 4.78.